The highest BCUT2D eigenvalue weighted by molar-refractivity contribution is 5.77. The van der Waals surface area contributed by atoms with Crippen molar-refractivity contribution in [2.75, 3.05) is 0 Å². The predicted molar refractivity (Wildman–Crippen MR) is 63.5 cm³/mol. The van der Waals surface area contributed by atoms with Crippen LogP contribution < -0.4 is 5.73 Å². The summed E-state index contributed by atoms with van der Waals surface area (Å²) in [4.78, 5) is 11.6. The van der Waals surface area contributed by atoms with Crippen LogP contribution in [0, 0.1) is 35.5 Å². The Hall–Kier alpha value is -0.530. The second-order valence-corrected chi connectivity index (χ2v) is 6.43. The van der Waals surface area contributed by atoms with Crippen molar-refractivity contribution in [2.45, 2.75) is 45.4 Å². The van der Waals surface area contributed by atoms with Crippen molar-refractivity contribution in [3.05, 3.63) is 0 Å². The van der Waals surface area contributed by atoms with Gasteiger partial charge in [-0.3, -0.25) is 4.79 Å². The van der Waals surface area contributed by atoms with Gasteiger partial charge in [0.05, 0.1) is 0 Å². The van der Waals surface area contributed by atoms with E-state index in [9.17, 15) is 4.79 Å². The minimum absolute atomic E-state index is 0.0417. The summed E-state index contributed by atoms with van der Waals surface area (Å²) in [5, 5.41) is 0. The van der Waals surface area contributed by atoms with Gasteiger partial charge in [0.1, 0.15) is 0 Å². The average Bonchev–Trinajstić information content (AvgIpc) is 2.21. The molecule has 0 aromatic heterocycles. The van der Waals surface area contributed by atoms with Gasteiger partial charge >= 0.3 is 0 Å². The van der Waals surface area contributed by atoms with Gasteiger partial charge in [-0.2, -0.15) is 0 Å². The highest BCUT2D eigenvalue weighted by Gasteiger charge is 2.50. The van der Waals surface area contributed by atoms with Gasteiger partial charge in [-0.1, -0.05) is 6.92 Å². The molecular formula is C14H23NO. The number of primary amides is 1. The lowest BCUT2D eigenvalue weighted by atomic mass is 9.49. The number of hydrogen-bond donors (Lipinski definition) is 1. The van der Waals surface area contributed by atoms with Crippen molar-refractivity contribution in [2.24, 2.45) is 41.2 Å². The quantitative estimate of drug-likeness (QED) is 0.782. The van der Waals surface area contributed by atoms with Crippen molar-refractivity contribution in [3.63, 3.8) is 0 Å². The predicted octanol–water partition coefficient (Wildman–Crippen LogP) is 2.57. The zero-order valence-corrected chi connectivity index (χ0v) is 10.2. The monoisotopic (exact) mass is 221 g/mol. The molecule has 2 N–H and O–H groups in total. The number of carbonyl (C=O) groups excluding carboxylic acids is 1. The van der Waals surface area contributed by atoms with E-state index in [0.29, 0.717) is 5.92 Å². The maximum Gasteiger partial charge on any atom is 0.220 e. The second-order valence-electron chi connectivity index (χ2n) is 6.43. The van der Waals surface area contributed by atoms with Crippen molar-refractivity contribution in [3.8, 4) is 0 Å². The molecular weight excluding hydrogens is 198 g/mol. The maximum atomic E-state index is 11.6. The van der Waals surface area contributed by atoms with Crippen LogP contribution in [0.3, 0.4) is 0 Å². The molecule has 4 fully saturated rings. The van der Waals surface area contributed by atoms with E-state index in [1.807, 2.05) is 0 Å². The Bertz CT molecular complexity index is 271. The van der Waals surface area contributed by atoms with E-state index in [0.717, 1.165) is 30.1 Å². The summed E-state index contributed by atoms with van der Waals surface area (Å²) in [6.45, 7) is 2.13. The van der Waals surface area contributed by atoms with Crippen LogP contribution in [-0.4, -0.2) is 5.91 Å². The fourth-order valence-electron chi connectivity index (χ4n) is 5.29. The van der Waals surface area contributed by atoms with E-state index in [2.05, 4.69) is 6.92 Å². The molecule has 2 heteroatoms. The van der Waals surface area contributed by atoms with Crippen LogP contribution >= 0.6 is 0 Å². The van der Waals surface area contributed by atoms with E-state index in [1.165, 1.54) is 32.1 Å². The zero-order chi connectivity index (χ0) is 11.3. The smallest absolute Gasteiger partial charge is 0.220 e. The lowest BCUT2D eigenvalue weighted by Crippen LogP contribution is -2.50. The van der Waals surface area contributed by atoms with Gasteiger partial charge < -0.3 is 5.73 Å². The normalized spacial score (nSPS) is 46.9. The summed E-state index contributed by atoms with van der Waals surface area (Å²) in [6.07, 6.45) is 7.99. The van der Waals surface area contributed by atoms with Gasteiger partial charge in [0, 0.05) is 5.92 Å². The fourth-order valence-corrected chi connectivity index (χ4v) is 5.29. The lowest BCUT2D eigenvalue weighted by molar-refractivity contribution is -0.131. The van der Waals surface area contributed by atoms with Gasteiger partial charge in [-0.25, -0.2) is 0 Å². The van der Waals surface area contributed by atoms with Crippen molar-refractivity contribution < 1.29 is 4.79 Å². The number of rotatable bonds is 3. The van der Waals surface area contributed by atoms with Crippen molar-refractivity contribution >= 4 is 5.91 Å². The zero-order valence-electron chi connectivity index (χ0n) is 10.2. The fraction of sp³-hybridized carbons (Fsp3) is 0.929. The van der Waals surface area contributed by atoms with Crippen molar-refractivity contribution in [1.82, 2.24) is 0 Å². The maximum absolute atomic E-state index is 11.6. The van der Waals surface area contributed by atoms with Crippen molar-refractivity contribution in [1.29, 1.82) is 0 Å². The summed E-state index contributed by atoms with van der Waals surface area (Å²) in [6, 6.07) is 0. The molecule has 0 heterocycles. The number of hydrogen-bond acceptors (Lipinski definition) is 1. The molecule has 4 aliphatic carbocycles. The highest BCUT2D eigenvalue weighted by atomic mass is 16.1. The van der Waals surface area contributed by atoms with Gasteiger partial charge in [-0.05, 0) is 68.1 Å². The van der Waals surface area contributed by atoms with E-state index in [4.69, 9.17) is 5.73 Å². The summed E-state index contributed by atoms with van der Waals surface area (Å²) >= 11 is 0. The molecule has 0 radical (unpaired) electrons. The van der Waals surface area contributed by atoms with E-state index < -0.39 is 0 Å². The molecule has 4 rings (SSSR count). The summed E-state index contributed by atoms with van der Waals surface area (Å²) in [7, 11) is 0. The number of amides is 1. The van der Waals surface area contributed by atoms with E-state index in [-0.39, 0.29) is 11.8 Å². The molecule has 0 aromatic carbocycles. The van der Waals surface area contributed by atoms with Crippen LogP contribution in [0.5, 0.6) is 0 Å². The molecule has 4 saturated carbocycles. The van der Waals surface area contributed by atoms with Crippen LogP contribution in [0.15, 0.2) is 0 Å². The number of nitrogens with two attached hydrogens (primary N) is 1. The number of carbonyl (C=O) groups is 1. The van der Waals surface area contributed by atoms with Gasteiger partial charge in [-0.15, -0.1) is 0 Å². The molecule has 0 spiro atoms. The Labute approximate surface area is 98.0 Å². The third-order valence-electron chi connectivity index (χ3n) is 5.57. The first-order chi connectivity index (χ1) is 7.69. The topological polar surface area (TPSA) is 43.1 Å². The van der Waals surface area contributed by atoms with Crippen LogP contribution in [0.2, 0.25) is 0 Å². The summed E-state index contributed by atoms with van der Waals surface area (Å²) < 4.78 is 0. The van der Waals surface area contributed by atoms with Crippen LogP contribution in [0.25, 0.3) is 0 Å². The highest BCUT2D eigenvalue weighted by Crippen LogP contribution is 2.58. The molecule has 4 bridgehead atoms. The minimum Gasteiger partial charge on any atom is -0.369 e. The first-order valence-corrected chi connectivity index (χ1v) is 6.98. The molecule has 1 atom stereocenters. The summed E-state index contributed by atoms with van der Waals surface area (Å²) in [5.41, 5.74) is 5.59. The van der Waals surface area contributed by atoms with Gasteiger partial charge in [0.15, 0.2) is 0 Å². The first-order valence-electron chi connectivity index (χ1n) is 6.98. The molecule has 90 valence electrons. The molecule has 0 saturated heterocycles. The summed E-state index contributed by atoms with van der Waals surface area (Å²) in [5.74, 6) is 4.39. The van der Waals surface area contributed by atoms with Gasteiger partial charge in [0.2, 0.25) is 5.91 Å². The Morgan fingerprint density at radius 2 is 1.62 bits per heavy atom. The molecule has 2 nitrogen and oxygen atoms in total. The van der Waals surface area contributed by atoms with Crippen LogP contribution in [0.4, 0.5) is 0 Å². The first kappa shape index (κ1) is 10.6. The third-order valence-corrected chi connectivity index (χ3v) is 5.57. The molecule has 0 aromatic rings. The molecule has 1 unspecified atom stereocenters. The minimum atomic E-state index is -0.0417. The van der Waals surface area contributed by atoms with Crippen LogP contribution in [0.1, 0.15) is 45.4 Å². The Kier molecular flexibility index (Phi) is 2.49. The standard InChI is InChI=1S/C14H23NO/c1-2-12(14(15)16)13-10-4-8-3-9(6-10)7-11(13)5-8/h8-13H,2-7H2,1H3,(H2,15,16). The SMILES string of the molecule is CCC(C(N)=O)C1C2CC3CC(C2)CC1C3. The largest absolute Gasteiger partial charge is 0.369 e. The van der Waals surface area contributed by atoms with E-state index >= 15 is 0 Å². The van der Waals surface area contributed by atoms with E-state index in [1.54, 1.807) is 0 Å². The molecule has 1 amide bonds. The van der Waals surface area contributed by atoms with Crippen LogP contribution in [-0.2, 0) is 4.79 Å². The Morgan fingerprint density at radius 3 is 2.00 bits per heavy atom. The Morgan fingerprint density at radius 1 is 1.12 bits per heavy atom. The molecule has 16 heavy (non-hydrogen) atoms. The molecule has 4 aliphatic rings. The molecule has 0 aliphatic heterocycles. The lowest BCUT2D eigenvalue weighted by Gasteiger charge is -2.56. The van der Waals surface area contributed by atoms with Gasteiger partial charge in [0.25, 0.3) is 0 Å². The Balaban J connectivity index is 1.83. The second kappa shape index (κ2) is 3.75. The third kappa shape index (κ3) is 1.49. The average molecular weight is 221 g/mol.